The van der Waals surface area contributed by atoms with Crippen LogP contribution in [-0.4, -0.2) is 44.2 Å². The van der Waals surface area contributed by atoms with Crippen molar-refractivity contribution in [3.05, 3.63) is 29.8 Å². The van der Waals surface area contributed by atoms with E-state index in [1.165, 1.54) is 0 Å². The molecule has 2 aliphatic rings. The van der Waals surface area contributed by atoms with Crippen LogP contribution in [0.2, 0.25) is 0 Å². The summed E-state index contributed by atoms with van der Waals surface area (Å²) in [6, 6.07) is 7.49. The Kier molecular flexibility index (Phi) is 7.71. The molecule has 1 aliphatic heterocycles. The minimum Gasteiger partial charge on any atom is -0.493 e. The van der Waals surface area contributed by atoms with Gasteiger partial charge in [-0.25, -0.2) is 0 Å². The molecule has 0 atom stereocenters. The second-order valence-corrected chi connectivity index (χ2v) is 7.80. The Morgan fingerprint density at radius 2 is 1.71 bits per heavy atom. The second kappa shape index (κ2) is 10.5. The molecule has 1 heterocycles. The Balaban J connectivity index is 1.41. The Morgan fingerprint density at radius 1 is 1.04 bits per heavy atom. The Bertz CT molecular complexity index is 632. The first-order valence-corrected chi connectivity index (χ1v) is 10.6. The van der Waals surface area contributed by atoms with Gasteiger partial charge >= 0.3 is 5.97 Å². The lowest BCUT2D eigenvalue weighted by Crippen LogP contribution is -2.39. The van der Waals surface area contributed by atoms with E-state index < -0.39 is 0 Å². The van der Waals surface area contributed by atoms with Crippen molar-refractivity contribution in [2.45, 2.75) is 51.5 Å². The standard InChI is InChI=1S/C22H32N2O4/c1-2-27-22(26)18-3-7-19(8-4-18)24-21(25)17-5-9-20(10-6-17)28-15-16-11-13-23-14-12-16/h5-6,9-10,16,18-19,23H,2-4,7-8,11-15H2,1H3,(H,24,25). The topological polar surface area (TPSA) is 76.7 Å². The summed E-state index contributed by atoms with van der Waals surface area (Å²) in [7, 11) is 0. The molecule has 0 spiro atoms. The van der Waals surface area contributed by atoms with Crippen LogP contribution in [0.15, 0.2) is 24.3 Å². The monoisotopic (exact) mass is 388 g/mol. The third-order valence-electron chi connectivity index (χ3n) is 5.74. The van der Waals surface area contributed by atoms with Crippen molar-refractivity contribution >= 4 is 11.9 Å². The molecule has 0 unspecified atom stereocenters. The van der Waals surface area contributed by atoms with E-state index in [2.05, 4.69) is 10.6 Å². The fraction of sp³-hybridized carbons (Fsp3) is 0.636. The number of nitrogens with one attached hydrogen (secondary N) is 2. The lowest BCUT2D eigenvalue weighted by atomic mass is 9.86. The molecule has 3 rings (SSSR count). The zero-order chi connectivity index (χ0) is 19.8. The third-order valence-corrected chi connectivity index (χ3v) is 5.74. The molecule has 1 aromatic carbocycles. The molecule has 1 saturated carbocycles. The number of hydrogen-bond donors (Lipinski definition) is 2. The maximum Gasteiger partial charge on any atom is 0.308 e. The number of hydrogen-bond acceptors (Lipinski definition) is 5. The lowest BCUT2D eigenvalue weighted by Gasteiger charge is -2.27. The second-order valence-electron chi connectivity index (χ2n) is 7.80. The highest BCUT2D eigenvalue weighted by molar-refractivity contribution is 5.94. The molecule has 28 heavy (non-hydrogen) atoms. The van der Waals surface area contributed by atoms with Gasteiger partial charge in [-0.05, 0) is 88.7 Å². The summed E-state index contributed by atoms with van der Waals surface area (Å²) in [5.41, 5.74) is 0.640. The maximum absolute atomic E-state index is 12.5. The fourth-order valence-corrected chi connectivity index (χ4v) is 3.97. The summed E-state index contributed by atoms with van der Waals surface area (Å²) in [6.07, 6.45) is 5.47. The van der Waals surface area contributed by atoms with E-state index in [-0.39, 0.29) is 23.8 Å². The van der Waals surface area contributed by atoms with Crippen molar-refractivity contribution in [1.29, 1.82) is 0 Å². The first-order chi connectivity index (χ1) is 13.7. The van der Waals surface area contributed by atoms with E-state index in [9.17, 15) is 9.59 Å². The van der Waals surface area contributed by atoms with Crippen LogP contribution in [0.3, 0.4) is 0 Å². The molecule has 1 saturated heterocycles. The highest BCUT2D eigenvalue weighted by atomic mass is 16.5. The fourth-order valence-electron chi connectivity index (χ4n) is 3.97. The molecule has 1 aliphatic carbocycles. The molecule has 0 radical (unpaired) electrons. The summed E-state index contributed by atoms with van der Waals surface area (Å²) >= 11 is 0. The number of amides is 1. The number of benzene rings is 1. The molecule has 6 heteroatoms. The van der Waals surface area contributed by atoms with Crippen LogP contribution in [-0.2, 0) is 9.53 Å². The minimum atomic E-state index is -0.104. The summed E-state index contributed by atoms with van der Waals surface area (Å²) in [4.78, 5) is 24.3. The molecule has 0 bridgehead atoms. The highest BCUT2D eigenvalue weighted by Crippen LogP contribution is 2.26. The number of rotatable bonds is 7. The van der Waals surface area contributed by atoms with E-state index in [4.69, 9.17) is 9.47 Å². The Morgan fingerprint density at radius 3 is 2.36 bits per heavy atom. The normalized spacial score (nSPS) is 23.0. The summed E-state index contributed by atoms with van der Waals surface area (Å²) in [5.74, 6) is 1.22. The quantitative estimate of drug-likeness (QED) is 0.703. The van der Waals surface area contributed by atoms with Crippen LogP contribution in [0.5, 0.6) is 5.75 Å². The van der Waals surface area contributed by atoms with Crippen molar-refractivity contribution in [2.24, 2.45) is 11.8 Å². The average molecular weight is 389 g/mol. The largest absolute Gasteiger partial charge is 0.493 e. The predicted molar refractivity (Wildman–Crippen MR) is 107 cm³/mol. The van der Waals surface area contributed by atoms with Crippen LogP contribution in [0, 0.1) is 11.8 Å². The summed E-state index contributed by atoms with van der Waals surface area (Å²) in [5, 5.41) is 6.45. The van der Waals surface area contributed by atoms with Gasteiger partial charge in [0.25, 0.3) is 5.91 Å². The van der Waals surface area contributed by atoms with Gasteiger partial charge in [-0.3, -0.25) is 9.59 Å². The van der Waals surface area contributed by atoms with Gasteiger partial charge in [0.1, 0.15) is 5.75 Å². The smallest absolute Gasteiger partial charge is 0.308 e. The molecule has 2 N–H and O–H groups in total. The predicted octanol–water partition coefficient (Wildman–Crippen LogP) is 2.92. The van der Waals surface area contributed by atoms with Crippen molar-refractivity contribution < 1.29 is 19.1 Å². The summed E-state index contributed by atoms with van der Waals surface area (Å²) in [6.45, 7) is 5.11. The molecular formula is C22H32N2O4. The maximum atomic E-state index is 12.5. The zero-order valence-corrected chi connectivity index (χ0v) is 16.7. The van der Waals surface area contributed by atoms with Gasteiger partial charge in [0, 0.05) is 11.6 Å². The minimum absolute atomic E-state index is 0.0236. The van der Waals surface area contributed by atoms with Crippen LogP contribution >= 0.6 is 0 Å². The van der Waals surface area contributed by atoms with E-state index in [0.717, 1.165) is 64.0 Å². The van der Waals surface area contributed by atoms with Crippen LogP contribution in [0.4, 0.5) is 0 Å². The van der Waals surface area contributed by atoms with E-state index in [1.54, 1.807) is 0 Å². The highest BCUT2D eigenvalue weighted by Gasteiger charge is 2.28. The van der Waals surface area contributed by atoms with Gasteiger partial charge in [0.2, 0.25) is 0 Å². The van der Waals surface area contributed by atoms with Crippen molar-refractivity contribution in [3.63, 3.8) is 0 Å². The van der Waals surface area contributed by atoms with Crippen LogP contribution in [0.25, 0.3) is 0 Å². The van der Waals surface area contributed by atoms with Gasteiger partial charge in [-0.2, -0.15) is 0 Å². The van der Waals surface area contributed by atoms with Gasteiger partial charge in [-0.1, -0.05) is 0 Å². The van der Waals surface area contributed by atoms with Gasteiger partial charge in [-0.15, -0.1) is 0 Å². The molecule has 2 fully saturated rings. The van der Waals surface area contributed by atoms with Gasteiger partial charge in [0.05, 0.1) is 19.1 Å². The zero-order valence-electron chi connectivity index (χ0n) is 16.7. The van der Waals surface area contributed by atoms with Gasteiger partial charge in [0.15, 0.2) is 0 Å². The first kappa shape index (κ1) is 20.6. The van der Waals surface area contributed by atoms with E-state index >= 15 is 0 Å². The van der Waals surface area contributed by atoms with Gasteiger partial charge < -0.3 is 20.1 Å². The number of ether oxygens (including phenoxy) is 2. The molecule has 0 aromatic heterocycles. The molecule has 1 amide bonds. The molecule has 154 valence electrons. The first-order valence-electron chi connectivity index (χ1n) is 10.6. The number of piperidine rings is 1. The van der Waals surface area contributed by atoms with Crippen molar-refractivity contribution in [3.8, 4) is 5.75 Å². The third kappa shape index (κ3) is 5.96. The van der Waals surface area contributed by atoms with Crippen LogP contribution in [0.1, 0.15) is 55.8 Å². The van der Waals surface area contributed by atoms with Crippen molar-refractivity contribution in [1.82, 2.24) is 10.6 Å². The number of carbonyl (C=O) groups excluding carboxylic acids is 2. The average Bonchev–Trinajstić information content (AvgIpc) is 2.74. The Hall–Kier alpha value is -2.08. The van der Waals surface area contributed by atoms with E-state index in [0.29, 0.717) is 18.1 Å². The van der Waals surface area contributed by atoms with E-state index in [1.807, 2.05) is 31.2 Å². The lowest BCUT2D eigenvalue weighted by molar-refractivity contribution is -0.149. The summed E-state index contributed by atoms with van der Waals surface area (Å²) < 4.78 is 11.0. The number of carbonyl (C=O) groups is 2. The Labute approximate surface area is 167 Å². The SMILES string of the molecule is CCOC(=O)C1CCC(NC(=O)c2ccc(OCC3CCNCC3)cc2)CC1. The van der Waals surface area contributed by atoms with Crippen molar-refractivity contribution in [2.75, 3.05) is 26.3 Å². The van der Waals surface area contributed by atoms with Crippen LogP contribution < -0.4 is 15.4 Å². The molecule has 6 nitrogen and oxygen atoms in total. The molecule has 1 aromatic rings. The number of esters is 1. The molecular weight excluding hydrogens is 356 g/mol.